The van der Waals surface area contributed by atoms with E-state index in [2.05, 4.69) is 29.1 Å². The van der Waals surface area contributed by atoms with Gasteiger partial charge in [-0.25, -0.2) is 0 Å². The molecular formula is C14H24N4O. The van der Waals surface area contributed by atoms with Crippen molar-refractivity contribution >= 4 is 5.96 Å². The van der Waals surface area contributed by atoms with E-state index < -0.39 is 0 Å². The first-order valence-corrected chi connectivity index (χ1v) is 6.66. The third-order valence-corrected chi connectivity index (χ3v) is 2.68. The number of aromatic nitrogens is 1. The number of pyridine rings is 1. The number of hydrogen-bond acceptors (Lipinski definition) is 3. The molecule has 1 aromatic rings. The molecule has 5 heteroatoms. The number of rotatable bonds is 7. The number of aliphatic hydroxyl groups excluding tert-OH is 1. The molecule has 0 saturated carbocycles. The normalized spacial score (nSPS) is 13.6. The van der Waals surface area contributed by atoms with Gasteiger partial charge in [0.2, 0.25) is 0 Å². The van der Waals surface area contributed by atoms with Crippen LogP contribution in [0.2, 0.25) is 0 Å². The van der Waals surface area contributed by atoms with Crippen molar-refractivity contribution in [2.24, 2.45) is 22.6 Å². The SMILES string of the molecule is CC(C)CN=C(N)NCC(CO)Cc1ccccn1. The summed E-state index contributed by atoms with van der Waals surface area (Å²) in [6.45, 7) is 5.59. The topological polar surface area (TPSA) is 83.5 Å². The van der Waals surface area contributed by atoms with Crippen molar-refractivity contribution in [3.05, 3.63) is 30.1 Å². The Morgan fingerprint density at radius 1 is 1.47 bits per heavy atom. The summed E-state index contributed by atoms with van der Waals surface area (Å²) >= 11 is 0. The van der Waals surface area contributed by atoms with Crippen molar-refractivity contribution in [3.8, 4) is 0 Å². The molecule has 0 bridgehead atoms. The molecule has 1 unspecified atom stereocenters. The zero-order valence-electron chi connectivity index (χ0n) is 11.7. The Hall–Kier alpha value is -1.62. The fourth-order valence-corrected chi connectivity index (χ4v) is 1.60. The van der Waals surface area contributed by atoms with Crippen LogP contribution in [-0.4, -0.2) is 35.7 Å². The predicted molar refractivity (Wildman–Crippen MR) is 77.8 cm³/mol. The second-order valence-electron chi connectivity index (χ2n) is 5.07. The molecule has 1 aromatic heterocycles. The summed E-state index contributed by atoms with van der Waals surface area (Å²) in [4.78, 5) is 8.48. The monoisotopic (exact) mass is 264 g/mol. The fourth-order valence-electron chi connectivity index (χ4n) is 1.60. The molecule has 19 heavy (non-hydrogen) atoms. The zero-order valence-corrected chi connectivity index (χ0v) is 11.7. The highest BCUT2D eigenvalue weighted by atomic mass is 16.3. The van der Waals surface area contributed by atoms with Crippen molar-refractivity contribution in [1.82, 2.24) is 10.3 Å². The van der Waals surface area contributed by atoms with Crippen LogP contribution in [0.1, 0.15) is 19.5 Å². The maximum Gasteiger partial charge on any atom is 0.188 e. The van der Waals surface area contributed by atoms with Gasteiger partial charge in [0.15, 0.2) is 5.96 Å². The molecule has 1 atom stereocenters. The molecule has 0 amide bonds. The number of nitrogens with zero attached hydrogens (tertiary/aromatic N) is 2. The number of nitrogens with two attached hydrogens (primary N) is 1. The number of aliphatic hydroxyl groups is 1. The van der Waals surface area contributed by atoms with Crippen molar-refractivity contribution in [1.29, 1.82) is 0 Å². The van der Waals surface area contributed by atoms with Crippen LogP contribution in [0.5, 0.6) is 0 Å². The Morgan fingerprint density at radius 3 is 2.84 bits per heavy atom. The molecule has 0 aromatic carbocycles. The van der Waals surface area contributed by atoms with Gasteiger partial charge in [0.05, 0.1) is 0 Å². The molecule has 106 valence electrons. The average molecular weight is 264 g/mol. The molecule has 4 N–H and O–H groups in total. The van der Waals surface area contributed by atoms with E-state index in [0.29, 0.717) is 25.0 Å². The van der Waals surface area contributed by atoms with Crippen molar-refractivity contribution in [2.45, 2.75) is 20.3 Å². The van der Waals surface area contributed by atoms with Crippen LogP contribution in [0.25, 0.3) is 0 Å². The summed E-state index contributed by atoms with van der Waals surface area (Å²) in [5, 5.41) is 12.4. The third kappa shape index (κ3) is 6.76. The van der Waals surface area contributed by atoms with E-state index >= 15 is 0 Å². The lowest BCUT2D eigenvalue weighted by Gasteiger charge is -2.15. The first kappa shape index (κ1) is 15.4. The van der Waals surface area contributed by atoms with E-state index in [4.69, 9.17) is 5.73 Å². The van der Waals surface area contributed by atoms with Gasteiger partial charge in [-0.2, -0.15) is 0 Å². The number of guanidine groups is 1. The Balaban J connectivity index is 2.38. The van der Waals surface area contributed by atoms with Gasteiger partial charge in [-0.3, -0.25) is 9.98 Å². The fraction of sp³-hybridized carbons (Fsp3) is 0.571. The third-order valence-electron chi connectivity index (χ3n) is 2.68. The zero-order chi connectivity index (χ0) is 14.1. The smallest absolute Gasteiger partial charge is 0.188 e. The van der Waals surface area contributed by atoms with Crippen molar-refractivity contribution < 1.29 is 5.11 Å². The summed E-state index contributed by atoms with van der Waals surface area (Å²) in [6.07, 6.45) is 2.48. The maximum atomic E-state index is 9.37. The largest absolute Gasteiger partial charge is 0.396 e. The van der Waals surface area contributed by atoms with E-state index in [1.807, 2.05) is 18.2 Å². The molecule has 0 spiro atoms. The molecule has 5 nitrogen and oxygen atoms in total. The first-order chi connectivity index (χ1) is 9.11. The van der Waals surface area contributed by atoms with E-state index in [1.165, 1.54) is 0 Å². The molecule has 0 aliphatic rings. The summed E-state index contributed by atoms with van der Waals surface area (Å²) < 4.78 is 0. The maximum absolute atomic E-state index is 9.37. The quantitative estimate of drug-likeness (QED) is 0.502. The lowest BCUT2D eigenvalue weighted by atomic mass is 10.0. The highest BCUT2D eigenvalue weighted by Gasteiger charge is 2.09. The highest BCUT2D eigenvalue weighted by molar-refractivity contribution is 5.77. The molecule has 0 radical (unpaired) electrons. The van der Waals surface area contributed by atoms with Crippen LogP contribution in [0.4, 0.5) is 0 Å². The molecule has 0 fully saturated rings. The number of hydrogen-bond donors (Lipinski definition) is 3. The Morgan fingerprint density at radius 2 is 2.26 bits per heavy atom. The summed E-state index contributed by atoms with van der Waals surface area (Å²) in [5.74, 6) is 1.01. The van der Waals surface area contributed by atoms with Gasteiger partial charge in [-0.15, -0.1) is 0 Å². The lowest BCUT2D eigenvalue weighted by molar-refractivity contribution is 0.225. The Bertz CT molecular complexity index is 378. The number of nitrogens with one attached hydrogen (secondary N) is 1. The van der Waals surface area contributed by atoms with Crippen molar-refractivity contribution in [3.63, 3.8) is 0 Å². The Labute approximate surface area is 115 Å². The van der Waals surface area contributed by atoms with Gasteiger partial charge in [0, 0.05) is 37.5 Å². The Kier molecular flexibility index (Phi) is 6.89. The van der Waals surface area contributed by atoms with Gasteiger partial charge in [0.25, 0.3) is 0 Å². The molecule has 0 aliphatic carbocycles. The van der Waals surface area contributed by atoms with Gasteiger partial charge >= 0.3 is 0 Å². The van der Waals surface area contributed by atoms with E-state index in [1.54, 1.807) is 6.20 Å². The molecule has 1 heterocycles. The van der Waals surface area contributed by atoms with Crippen LogP contribution in [-0.2, 0) is 6.42 Å². The van der Waals surface area contributed by atoms with Gasteiger partial charge in [-0.05, 0) is 24.5 Å². The first-order valence-electron chi connectivity index (χ1n) is 6.66. The number of aliphatic imine (C=N–C) groups is 1. The van der Waals surface area contributed by atoms with Gasteiger partial charge < -0.3 is 16.2 Å². The molecule has 1 rings (SSSR count). The second kappa shape index (κ2) is 8.48. The minimum atomic E-state index is 0.0858. The standard InChI is InChI=1S/C14H24N4O/c1-11(2)8-17-14(15)18-9-12(10-19)7-13-5-3-4-6-16-13/h3-6,11-12,19H,7-10H2,1-2H3,(H3,15,17,18). The molecule has 0 saturated heterocycles. The molecular weight excluding hydrogens is 240 g/mol. The van der Waals surface area contributed by atoms with Gasteiger partial charge in [-0.1, -0.05) is 19.9 Å². The summed E-state index contributed by atoms with van der Waals surface area (Å²) in [5.41, 5.74) is 6.73. The van der Waals surface area contributed by atoms with Crippen molar-refractivity contribution in [2.75, 3.05) is 19.7 Å². The van der Waals surface area contributed by atoms with E-state index in [0.717, 1.165) is 12.1 Å². The average Bonchev–Trinajstić information content (AvgIpc) is 2.42. The van der Waals surface area contributed by atoms with Crippen LogP contribution in [0.15, 0.2) is 29.4 Å². The second-order valence-corrected chi connectivity index (χ2v) is 5.07. The minimum absolute atomic E-state index is 0.0858. The van der Waals surface area contributed by atoms with E-state index in [9.17, 15) is 5.11 Å². The van der Waals surface area contributed by atoms with Gasteiger partial charge in [0.1, 0.15) is 0 Å². The molecule has 0 aliphatic heterocycles. The van der Waals surface area contributed by atoms with Crippen LogP contribution in [0.3, 0.4) is 0 Å². The van der Waals surface area contributed by atoms with Crippen LogP contribution >= 0.6 is 0 Å². The lowest BCUT2D eigenvalue weighted by Crippen LogP contribution is -2.37. The minimum Gasteiger partial charge on any atom is -0.396 e. The van der Waals surface area contributed by atoms with Crippen LogP contribution < -0.4 is 11.1 Å². The predicted octanol–water partition coefficient (Wildman–Crippen LogP) is 0.793. The highest BCUT2D eigenvalue weighted by Crippen LogP contribution is 2.04. The van der Waals surface area contributed by atoms with Crippen LogP contribution in [0, 0.1) is 11.8 Å². The van der Waals surface area contributed by atoms with E-state index in [-0.39, 0.29) is 12.5 Å². The summed E-state index contributed by atoms with van der Waals surface area (Å²) in [6, 6.07) is 5.79. The summed E-state index contributed by atoms with van der Waals surface area (Å²) in [7, 11) is 0.